The molecule has 0 atom stereocenters. The van der Waals surface area contributed by atoms with Crippen molar-refractivity contribution in [1.29, 1.82) is 0 Å². The van der Waals surface area contributed by atoms with E-state index in [1.54, 1.807) is 11.7 Å². The van der Waals surface area contributed by atoms with E-state index in [9.17, 15) is 4.79 Å². The second-order valence-corrected chi connectivity index (χ2v) is 7.13. The highest BCUT2D eigenvalue weighted by Crippen LogP contribution is 2.36. The van der Waals surface area contributed by atoms with Crippen LogP contribution in [0, 0.1) is 48.5 Å². The molecule has 140 valence electrons. The summed E-state index contributed by atoms with van der Waals surface area (Å²) in [6.07, 6.45) is 0. The van der Waals surface area contributed by atoms with E-state index < -0.39 is 0 Å². The van der Waals surface area contributed by atoms with E-state index in [0.717, 1.165) is 61.9 Å². The molecule has 1 aromatic heterocycles. The van der Waals surface area contributed by atoms with Crippen molar-refractivity contribution in [1.82, 2.24) is 9.55 Å². The Balaban J connectivity index is 2.71. The van der Waals surface area contributed by atoms with Crippen LogP contribution < -0.4 is 4.74 Å². The van der Waals surface area contributed by atoms with Crippen molar-refractivity contribution in [2.24, 2.45) is 0 Å². The normalized spacial score (nSPS) is 12.2. The summed E-state index contributed by atoms with van der Waals surface area (Å²) in [7, 11) is 1.71. The summed E-state index contributed by atoms with van der Waals surface area (Å²) >= 11 is 0. The SMILES string of the molecule is COc1c(C)c(C)c(/C(C)=C(\C)C(=O)n2c(C)nc(C)c2C)c(C)c1C. The molecule has 1 aromatic carbocycles. The maximum absolute atomic E-state index is 13.2. The molecule has 0 aliphatic heterocycles. The van der Waals surface area contributed by atoms with Crippen molar-refractivity contribution in [2.75, 3.05) is 7.11 Å². The number of carbonyl (C=O) groups excluding carboxylic acids is 1. The predicted octanol–water partition coefficient (Wildman–Crippen LogP) is 5.18. The van der Waals surface area contributed by atoms with Crippen molar-refractivity contribution in [3.8, 4) is 5.75 Å². The number of benzene rings is 1. The minimum atomic E-state index is -0.0111. The minimum absolute atomic E-state index is 0.0111. The lowest BCUT2D eigenvalue weighted by Crippen LogP contribution is -2.16. The maximum Gasteiger partial charge on any atom is 0.259 e. The van der Waals surface area contributed by atoms with Crippen molar-refractivity contribution in [3.63, 3.8) is 0 Å². The van der Waals surface area contributed by atoms with Crippen molar-refractivity contribution >= 4 is 11.5 Å². The lowest BCUT2D eigenvalue weighted by Gasteiger charge is -2.21. The van der Waals surface area contributed by atoms with Gasteiger partial charge < -0.3 is 4.74 Å². The van der Waals surface area contributed by atoms with Gasteiger partial charge in [0.25, 0.3) is 5.91 Å². The van der Waals surface area contributed by atoms with Gasteiger partial charge in [0.2, 0.25) is 0 Å². The quantitative estimate of drug-likeness (QED) is 0.713. The summed E-state index contributed by atoms with van der Waals surface area (Å²) in [5.41, 5.74) is 9.23. The Morgan fingerprint density at radius 3 is 1.77 bits per heavy atom. The molecule has 4 heteroatoms. The standard InChI is InChI=1S/C22H30N2O2/c1-11-14(4)21(26-10)15(5)12(2)20(11)13(3)16(6)22(25)24-18(8)17(7)23-19(24)9/h1-10H3/b16-13+. The molecule has 0 aliphatic carbocycles. The number of imidazole rings is 1. The van der Waals surface area contributed by atoms with Gasteiger partial charge in [0.1, 0.15) is 11.6 Å². The molecule has 2 aromatic rings. The molecular weight excluding hydrogens is 324 g/mol. The summed E-state index contributed by atoms with van der Waals surface area (Å²) in [5, 5.41) is 0. The topological polar surface area (TPSA) is 44.1 Å². The maximum atomic E-state index is 13.2. The molecule has 0 N–H and O–H groups in total. The monoisotopic (exact) mass is 354 g/mol. The third-order valence-corrected chi connectivity index (χ3v) is 5.73. The van der Waals surface area contributed by atoms with Gasteiger partial charge in [-0.15, -0.1) is 0 Å². The highest BCUT2D eigenvalue weighted by atomic mass is 16.5. The van der Waals surface area contributed by atoms with Gasteiger partial charge in [-0.1, -0.05) is 0 Å². The number of carbonyl (C=O) groups is 1. The van der Waals surface area contributed by atoms with Gasteiger partial charge in [-0.3, -0.25) is 9.36 Å². The molecule has 0 radical (unpaired) electrons. The number of rotatable bonds is 3. The largest absolute Gasteiger partial charge is 0.496 e. The minimum Gasteiger partial charge on any atom is -0.496 e. The van der Waals surface area contributed by atoms with Gasteiger partial charge >= 0.3 is 0 Å². The first kappa shape index (κ1) is 20.0. The van der Waals surface area contributed by atoms with Gasteiger partial charge in [0, 0.05) is 11.3 Å². The molecule has 0 amide bonds. The van der Waals surface area contributed by atoms with E-state index in [1.807, 2.05) is 34.6 Å². The molecule has 2 rings (SSSR count). The molecule has 0 unspecified atom stereocenters. The second kappa shape index (κ2) is 7.10. The number of hydrogen-bond donors (Lipinski definition) is 0. The summed E-state index contributed by atoms with van der Waals surface area (Å²) in [6.45, 7) is 18.0. The smallest absolute Gasteiger partial charge is 0.259 e. The van der Waals surface area contributed by atoms with Gasteiger partial charge in [-0.25, -0.2) is 4.98 Å². The first-order chi connectivity index (χ1) is 12.0. The molecule has 4 nitrogen and oxygen atoms in total. The van der Waals surface area contributed by atoms with Gasteiger partial charge in [0.05, 0.1) is 12.8 Å². The van der Waals surface area contributed by atoms with E-state index in [1.165, 1.54) is 0 Å². The predicted molar refractivity (Wildman–Crippen MR) is 107 cm³/mol. The Morgan fingerprint density at radius 2 is 1.38 bits per heavy atom. The van der Waals surface area contributed by atoms with Crippen LogP contribution in [0.3, 0.4) is 0 Å². The van der Waals surface area contributed by atoms with E-state index in [2.05, 4.69) is 32.7 Å². The zero-order chi connectivity index (χ0) is 19.9. The van der Waals surface area contributed by atoms with Crippen LogP contribution in [0.1, 0.15) is 63.7 Å². The Labute approximate surface area is 156 Å². The third kappa shape index (κ3) is 2.98. The van der Waals surface area contributed by atoms with Crippen LogP contribution in [-0.2, 0) is 0 Å². The van der Waals surface area contributed by atoms with Crippen molar-refractivity contribution < 1.29 is 9.53 Å². The Hall–Kier alpha value is -2.36. The Bertz CT molecular complexity index is 901. The average Bonchev–Trinajstić information content (AvgIpc) is 2.84. The number of allylic oxidation sites excluding steroid dienone is 2. The molecule has 0 aliphatic rings. The van der Waals surface area contributed by atoms with Crippen LogP contribution in [0.25, 0.3) is 5.57 Å². The lowest BCUT2D eigenvalue weighted by molar-refractivity contribution is 0.0951. The van der Waals surface area contributed by atoms with Gasteiger partial charge in [-0.05, 0) is 95.7 Å². The molecular formula is C22H30N2O2. The highest BCUT2D eigenvalue weighted by molar-refractivity contribution is 6.03. The zero-order valence-corrected chi connectivity index (χ0v) is 17.7. The van der Waals surface area contributed by atoms with E-state index in [-0.39, 0.29) is 5.91 Å². The van der Waals surface area contributed by atoms with Crippen LogP contribution in [0.2, 0.25) is 0 Å². The third-order valence-electron chi connectivity index (χ3n) is 5.73. The van der Waals surface area contributed by atoms with Crippen LogP contribution >= 0.6 is 0 Å². The van der Waals surface area contributed by atoms with Crippen LogP contribution in [-0.4, -0.2) is 22.6 Å². The molecule has 0 saturated carbocycles. The first-order valence-electron chi connectivity index (χ1n) is 8.93. The first-order valence-corrected chi connectivity index (χ1v) is 8.93. The Morgan fingerprint density at radius 1 is 0.885 bits per heavy atom. The van der Waals surface area contributed by atoms with Crippen molar-refractivity contribution in [2.45, 2.75) is 62.3 Å². The van der Waals surface area contributed by atoms with Gasteiger partial charge in [-0.2, -0.15) is 0 Å². The summed E-state index contributed by atoms with van der Waals surface area (Å²) in [5.74, 6) is 1.65. The Kier molecular flexibility index (Phi) is 5.45. The lowest BCUT2D eigenvalue weighted by atomic mass is 9.87. The van der Waals surface area contributed by atoms with Crippen LogP contribution in [0.4, 0.5) is 0 Å². The van der Waals surface area contributed by atoms with Crippen LogP contribution in [0.5, 0.6) is 5.75 Å². The van der Waals surface area contributed by atoms with E-state index in [0.29, 0.717) is 0 Å². The fourth-order valence-corrected chi connectivity index (χ4v) is 3.74. The number of hydrogen-bond acceptors (Lipinski definition) is 3. The fourth-order valence-electron chi connectivity index (χ4n) is 3.74. The van der Waals surface area contributed by atoms with E-state index in [4.69, 9.17) is 4.74 Å². The number of aromatic nitrogens is 2. The average molecular weight is 354 g/mol. The number of aryl methyl sites for hydroxylation is 2. The fraction of sp³-hybridized carbons (Fsp3) is 0.455. The number of ether oxygens (including phenoxy) is 1. The molecule has 1 heterocycles. The summed E-state index contributed by atoms with van der Waals surface area (Å²) < 4.78 is 7.30. The second-order valence-electron chi connectivity index (χ2n) is 7.13. The summed E-state index contributed by atoms with van der Waals surface area (Å²) in [4.78, 5) is 17.6. The number of methoxy groups -OCH3 is 1. The van der Waals surface area contributed by atoms with Gasteiger partial charge in [0.15, 0.2) is 0 Å². The van der Waals surface area contributed by atoms with Crippen molar-refractivity contribution in [3.05, 3.63) is 50.6 Å². The molecule has 26 heavy (non-hydrogen) atoms. The van der Waals surface area contributed by atoms with E-state index >= 15 is 0 Å². The molecule has 0 bridgehead atoms. The van der Waals surface area contributed by atoms with Crippen LogP contribution in [0.15, 0.2) is 5.57 Å². The molecule has 0 fully saturated rings. The number of nitrogens with zero attached hydrogens (tertiary/aromatic N) is 2. The molecule has 0 saturated heterocycles. The zero-order valence-electron chi connectivity index (χ0n) is 17.7. The highest BCUT2D eigenvalue weighted by Gasteiger charge is 2.21. The molecule has 0 spiro atoms. The summed E-state index contributed by atoms with van der Waals surface area (Å²) in [6, 6.07) is 0.